The molecule has 0 radical (unpaired) electrons. The van der Waals surface area contributed by atoms with Crippen LogP contribution in [0.4, 0.5) is 0 Å². The second-order valence-corrected chi connectivity index (χ2v) is 4.87. The summed E-state index contributed by atoms with van der Waals surface area (Å²) < 4.78 is 2.01. The minimum atomic E-state index is 0.356. The van der Waals surface area contributed by atoms with Gasteiger partial charge in [-0.3, -0.25) is 4.57 Å². The molecule has 0 unspecified atom stereocenters. The monoisotopic (exact) mass is 278 g/mol. The van der Waals surface area contributed by atoms with Gasteiger partial charge in [0.2, 0.25) is 0 Å². The van der Waals surface area contributed by atoms with E-state index in [4.69, 9.17) is 5.73 Å². The Labute approximate surface area is 124 Å². The molecule has 0 atom stereocenters. The molecule has 3 rings (SSSR count). The highest BCUT2D eigenvalue weighted by atomic mass is 15.3. The number of para-hydroxylation sites is 1. The molecule has 0 bridgehead atoms. The Hall–Kier alpha value is -2.46. The van der Waals surface area contributed by atoms with Crippen molar-refractivity contribution in [1.82, 2.24) is 14.8 Å². The van der Waals surface area contributed by atoms with Crippen LogP contribution in [0.25, 0.3) is 17.1 Å². The normalized spacial score (nSPS) is 10.8. The van der Waals surface area contributed by atoms with Crippen molar-refractivity contribution >= 4 is 0 Å². The molecule has 2 N–H and O–H groups in total. The molecule has 1 aromatic heterocycles. The fourth-order valence-electron chi connectivity index (χ4n) is 2.37. The average molecular weight is 278 g/mol. The fraction of sp³-hybridized carbons (Fsp3) is 0.176. The van der Waals surface area contributed by atoms with Gasteiger partial charge in [0.1, 0.15) is 0 Å². The molecule has 0 fully saturated rings. The highest BCUT2D eigenvalue weighted by Crippen LogP contribution is 2.23. The van der Waals surface area contributed by atoms with Crippen molar-refractivity contribution in [3.8, 4) is 17.1 Å². The number of benzene rings is 2. The number of hydrogen-bond donors (Lipinski definition) is 1. The quantitative estimate of drug-likeness (QED) is 0.798. The summed E-state index contributed by atoms with van der Waals surface area (Å²) >= 11 is 0. The highest BCUT2D eigenvalue weighted by Gasteiger charge is 2.14. The van der Waals surface area contributed by atoms with Crippen molar-refractivity contribution in [1.29, 1.82) is 0 Å². The van der Waals surface area contributed by atoms with E-state index >= 15 is 0 Å². The van der Waals surface area contributed by atoms with Crippen molar-refractivity contribution in [2.24, 2.45) is 5.73 Å². The summed E-state index contributed by atoms with van der Waals surface area (Å²) in [6.07, 6.45) is 1.03. The van der Waals surface area contributed by atoms with Crippen molar-refractivity contribution in [2.45, 2.75) is 19.9 Å². The zero-order valence-corrected chi connectivity index (χ0v) is 12.0. The van der Waals surface area contributed by atoms with Gasteiger partial charge in [-0.25, -0.2) is 0 Å². The molecule has 2 aromatic carbocycles. The molecule has 106 valence electrons. The SMILES string of the molecule is CCc1ccc(-c2nnc(CN)n2-c2ccccc2)cc1. The summed E-state index contributed by atoms with van der Waals surface area (Å²) in [5.74, 6) is 1.58. The second-order valence-electron chi connectivity index (χ2n) is 4.87. The van der Waals surface area contributed by atoms with Gasteiger partial charge in [-0.2, -0.15) is 0 Å². The Morgan fingerprint density at radius 3 is 2.29 bits per heavy atom. The summed E-state index contributed by atoms with van der Waals surface area (Å²) in [6, 6.07) is 18.5. The Kier molecular flexibility index (Phi) is 3.79. The fourth-order valence-corrected chi connectivity index (χ4v) is 2.37. The molecule has 3 aromatic rings. The molecule has 0 aliphatic carbocycles. The molecular weight excluding hydrogens is 260 g/mol. The van der Waals surface area contributed by atoms with E-state index in [1.54, 1.807) is 0 Å². The molecule has 4 nitrogen and oxygen atoms in total. The first-order chi connectivity index (χ1) is 10.3. The lowest BCUT2D eigenvalue weighted by Gasteiger charge is -2.10. The minimum Gasteiger partial charge on any atom is -0.324 e. The predicted molar refractivity (Wildman–Crippen MR) is 84.1 cm³/mol. The Morgan fingerprint density at radius 1 is 0.952 bits per heavy atom. The van der Waals surface area contributed by atoms with E-state index in [0.717, 1.165) is 29.3 Å². The van der Waals surface area contributed by atoms with E-state index in [-0.39, 0.29) is 0 Å². The molecule has 21 heavy (non-hydrogen) atoms. The lowest BCUT2D eigenvalue weighted by atomic mass is 10.1. The third-order valence-corrected chi connectivity index (χ3v) is 3.55. The average Bonchev–Trinajstić information content (AvgIpc) is 2.99. The maximum atomic E-state index is 5.80. The molecule has 4 heteroatoms. The summed E-state index contributed by atoms with van der Waals surface area (Å²) in [5, 5.41) is 8.54. The first kappa shape index (κ1) is 13.5. The molecule has 0 spiro atoms. The predicted octanol–water partition coefficient (Wildman–Crippen LogP) is 2.96. The van der Waals surface area contributed by atoms with Gasteiger partial charge >= 0.3 is 0 Å². The molecular formula is C17H18N4. The van der Waals surface area contributed by atoms with Crippen molar-refractivity contribution in [3.05, 3.63) is 66.0 Å². The summed E-state index contributed by atoms with van der Waals surface area (Å²) in [7, 11) is 0. The van der Waals surface area contributed by atoms with Crippen LogP contribution >= 0.6 is 0 Å². The van der Waals surface area contributed by atoms with Crippen molar-refractivity contribution in [2.75, 3.05) is 0 Å². The first-order valence-corrected chi connectivity index (χ1v) is 7.12. The number of rotatable bonds is 4. The van der Waals surface area contributed by atoms with E-state index in [2.05, 4.69) is 41.4 Å². The summed E-state index contributed by atoms with van der Waals surface area (Å²) in [6.45, 7) is 2.50. The van der Waals surface area contributed by atoms with E-state index in [0.29, 0.717) is 6.54 Å². The number of aromatic nitrogens is 3. The lowest BCUT2D eigenvalue weighted by Crippen LogP contribution is -2.07. The van der Waals surface area contributed by atoms with E-state index in [1.807, 2.05) is 34.9 Å². The van der Waals surface area contributed by atoms with Crippen LogP contribution in [0.5, 0.6) is 0 Å². The van der Waals surface area contributed by atoms with E-state index in [9.17, 15) is 0 Å². The smallest absolute Gasteiger partial charge is 0.168 e. The Bertz CT molecular complexity index is 714. The zero-order chi connectivity index (χ0) is 14.7. The Morgan fingerprint density at radius 2 is 1.67 bits per heavy atom. The van der Waals surface area contributed by atoms with Crippen LogP contribution in [0.1, 0.15) is 18.3 Å². The topological polar surface area (TPSA) is 56.7 Å². The Balaban J connectivity index is 2.12. The van der Waals surface area contributed by atoms with Crippen LogP contribution in [-0.2, 0) is 13.0 Å². The van der Waals surface area contributed by atoms with Gasteiger partial charge in [-0.05, 0) is 24.1 Å². The van der Waals surface area contributed by atoms with Gasteiger partial charge < -0.3 is 5.73 Å². The van der Waals surface area contributed by atoms with Crippen LogP contribution in [0, 0.1) is 0 Å². The van der Waals surface area contributed by atoms with Gasteiger partial charge in [0.25, 0.3) is 0 Å². The maximum Gasteiger partial charge on any atom is 0.168 e. The third kappa shape index (κ3) is 2.58. The van der Waals surface area contributed by atoms with Crippen LogP contribution in [0.15, 0.2) is 54.6 Å². The van der Waals surface area contributed by atoms with Gasteiger partial charge in [-0.15, -0.1) is 10.2 Å². The van der Waals surface area contributed by atoms with Crippen LogP contribution in [0.2, 0.25) is 0 Å². The summed E-state index contributed by atoms with van der Waals surface area (Å²) in [4.78, 5) is 0. The molecule has 0 saturated heterocycles. The first-order valence-electron chi connectivity index (χ1n) is 7.12. The van der Waals surface area contributed by atoms with Gasteiger partial charge in [0.15, 0.2) is 11.6 Å². The van der Waals surface area contributed by atoms with Crippen molar-refractivity contribution < 1.29 is 0 Å². The van der Waals surface area contributed by atoms with Gasteiger partial charge in [0, 0.05) is 11.3 Å². The minimum absolute atomic E-state index is 0.356. The highest BCUT2D eigenvalue weighted by molar-refractivity contribution is 5.59. The third-order valence-electron chi connectivity index (χ3n) is 3.55. The number of aryl methyl sites for hydroxylation is 1. The molecule has 0 saturated carbocycles. The summed E-state index contributed by atoms with van der Waals surface area (Å²) in [5.41, 5.74) is 9.18. The van der Waals surface area contributed by atoms with E-state index in [1.165, 1.54) is 5.56 Å². The largest absolute Gasteiger partial charge is 0.324 e. The molecule has 1 heterocycles. The zero-order valence-electron chi connectivity index (χ0n) is 12.0. The molecule has 0 aliphatic heterocycles. The van der Waals surface area contributed by atoms with Gasteiger partial charge in [0.05, 0.1) is 6.54 Å². The molecule has 0 aliphatic rings. The van der Waals surface area contributed by atoms with Gasteiger partial charge in [-0.1, -0.05) is 49.4 Å². The van der Waals surface area contributed by atoms with Crippen LogP contribution < -0.4 is 5.73 Å². The second kappa shape index (κ2) is 5.89. The van der Waals surface area contributed by atoms with Crippen LogP contribution in [-0.4, -0.2) is 14.8 Å². The number of nitrogens with two attached hydrogens (primary N) is 1. The number of nitrogens with zero attached hydrogens (tertiary/aromatic N) is 3. The maximum absolute atomic E-state index is 5.80. The number of hydrogen-bond acceptors (Lipinski definition) is 3. The van der Waals surface area contributed by atoms with Crippen molar-refractivity contribution in [3.63, 3.8) is 0 Å². The molecule has 0 amide bonds. The van der Waals surface area contributed by atoms with E-state index < -0.39 is 0 Å². The van der Waals surface area contributed by atoms with Crippen LogP contribution in [0.3, 0.4) is 0 Å². The standard InChI is InChI=1S/C17H18N4/c1-2-13-8-10-14(11-9-13)17-20-19-16(12-18)21(17)15-6-4-3-5-7-15/h3-11H,2,12,18H2,1H3. The lowest BCUT2D eigenvalue weighted by molar-refractivity contribution is 0.861.